The number of hydrogen-bond acceptors (Lipinski definition) is 4. The van der Waals surface area contributed by atoms with Gasteiger partial charge in [-0.05, 0) is 61.4 Å². The Morgan fingerprint density at radius 3 is 2.23 bits per heavy atom. The average Bonchev–Trinajstić information content (AvgIpc) is 2.80. The van der Waals surface area contributed by atoms with E-state index in [9.17, 15) is 17.6 Å². The fraction of sp³-hybridized carbons (Fsp3) is 0.435. The number of nitrogens with zero attached hydrogens (tertiary/aromatic N) is 2. The highest BCUT2D eigenvalue weighted by Gasteiger charge is 2.29. The van der Waals surface area contributed by atoms with Gasteiger partial charge in [0.1, 0.15) is 18.2 Å². The number of likely N-dealkylation sites (N-methyl/N-ethyl adjacent to an activating group) is 1. The summed E-state index contributed by atoms with van der Waals surface area (Å²) in [4.78, 5) is 14.3. The summed E-state index contributed by atoms with van der Waals surface area (Å²) in [5, 5.41) is 0. The number of ether oxygens (including phenoxy) is 1. The van der Waals surface area contributed by atoms with E-state index in [0.717, 1.165) is 32.1 Å². The average molecular weight is 449 g/mol. The Morgan fingerprint density at radius 2 is 1.61 bits per heavy atom. The molecule has 1 fully saturated rings. The number of halogens is 1. The van der Waals surface area contributed by atoms with Crippen molar-refractivity contribution in [3.8, 4) is 5.75 Å². The number of carbonyl (C=O) groups is 1. The van der Waals surface area contributed by atoms with Gasteiger partial charge in [0, 0.05) is 25.7 Å². The van der Waals surface area contributed by atoms with Gasteiger partial charge in [-0.1, -0.05) is 19.3 Å². The number of sulfonamides is 1. The number of amides is 1. The van der Waals surface area contributed by atoms with Crippen LogP contribution in [0.15, 0.2) is 53.4 Å². The molecular formula is C23H29FN2O4S. The SMILES string of the molecule is CN(CCOc1ccc(F)cc1)C(=O)c1ccc(S(=O)(=O)N(C)C2CCCCC2)cc1. The van der Waals surface area contributed by atoms with E-state index in [0.29, 0.717) is 17.9 Å². The van der Waals surface area contributed by atoms with Crippen LogP contribution in [0.25, 0.3) is 0 Å². The lowest BCUT2D eigenvalue weighted by Crippen LogP contribution is -2.38. The molecule has 6 nitrogen and oxygen atoms in total. The normalized spacial score (nSPS) is 15.1. The molecule has 1 amide bonds. The zero-order valence-electron chi connectivity index (χ0n) is 18.0. The Kier molecular flexibility index (Phi) is 7.67. The van der Waals surface area contributed by atoms with Crippen molar-refractivity contribution < 1.29 is 22.3 Å². The molecule has 31 heavy (non-hydrogen) atoms. The third-order valence-electron chi connectivity index (χ3n) is 5.72. The van der Waals surface area contributed by atoms with E-state index < -0.39 is 10.0 Å². The molecule has 0 saturated heterocycles. The van der Waals surface area contributed by atoms with E-state index in [1.807, 2.05) is 0 Å². The molecule has 168 valence electrons. The van der Waals surface area contributed by atoms with Crippen molar-refractivity contribution in [1.82, 2.24) is 9.21 Å². The van der Waals surface area contributed by atoms with Crippen LogP contribution in [0.5, 0.6) is 5.75 Å². The Morgan fingerprint density at radius 1 is 1.00 bits per heavy atom. The van der Waals surface area contributed by atoms with Crippen LogP contribution in [0.1, 0.15) is 42.5 Å². The van der Waals surface area contributed by atoms with Gasteiger partial charge in [0.25, 0.3) is 5.91 Å². The third-order valence-corrected chi connectivity index (χ3v) is 7.65. The van der Waals surface area contributed by atoms with Crippen molar-refractivity contribution in [2.24, 2.45) is 0 Å². The molecule has 0 atom stereocenters. The minimum absolute atomic E-state index is 0.0345. The highest BCUT2D eigenvalue weighted by atomic mass is 32.2. The first-order valence-corrected chi connectivity index (χ1v) is 11.9. The third kappa shape index (κ3) is 5.83. The van der Waals surface area contributed by atoms with Crippen molar-refractivity contribution in [3.63, 3.8) is 0 Å². The molecule has 0 aliphatic heterocycles. The summed E-state index contributed by atoms with van der Waals surface area (Å²) in [7, 11) is -0.299. The van der Waals surface area contributed by atoms with Crippen LogP contribution in [0, 0.1) is 5.82 Å². The summed E-state index contributed by atoms with van der Waals surface area (Å²) in [6.07, 6.45) is 5.03. The predicted octanol–water partition coefficient (Wildman–Crippen LogP) is 3.93. The van der Waals surface area contributed by atoms with Crippen LogP contribution >= 0.6 is 0 Å². The van der Waals surface area contributed by atoms with E-state index in [1.54, 1.807) is 26.2 Å². The van der Waals surface area contributed by atoms with Gasteiger partial charge >= 0.3 is 0 Å². The van der Waals surface area contributed by atoms with Crippen molar-refractivity contribution in [3.05, 3.63) is 59.9 Å². The Balaban J connectivity index is 1.57. The number of rotatable bonds is 8. The molecule has 2 aromatic rings. The van der Waals surface area contributed by atoms with Crippen LogP contribution in [-0.4, -0.2) is 56.8 Å². The summed E-state index contributed by atoms with van der Waals surface area (Å²) in [5.41, 5.74) is 0.406. The molecule has 0 N–H and O–H groups in total. The van der Waals surface area contributed by atoms with Gasteiger partial charge in [-0.15, -0.1) is 0 Å². The van der Waals surface area contributed by atoms with E-state index in [1.165, 1.54) is 45.6 Å². The van der Waals surface area contributed by atoms with Gasteiger partial charge in [0.15, 0.2) is 0 Å². The minimum Gasteiger partial charge on any atom is -0.492 e. The van der Waals surface area contributed by atoms with Gasteiger partial charge in [-0.25, -0.2) is 12.8 Å². The Hall–Kier alpha value is -2.45. The molecule has 2 aromatic carbocycles. The lowest BCUT2D eigenvalue weighted by molar-refractivity contribution is 0.0773. The summed E-state index contributed by atoms with van der Waals surface area (Å²) >= 11 is 0. The lowest BCUT2D eigenvalue weighted by atomic mass is 9.96. The first-order chi connectivity index (χ1) is 14.8. The van der Waals surface area contributed by atoms with Crippen molar-refractivity contribution >= 4 is 15.9 Å². The number of benzene rings is 2. The molecule has 0 aromatic heterocycles. The molecule has 0 heterocycles. The van der Waals surface area contributed by atoms with Gasteiger partial charge in [-0.2, -0.15) is 4.31 Å². The second kappa shape index (κ2) is 10.2. The highest BCUT2D eigenvalue weighted by Crippen LogP contribution is 2.26. The molecule has 8 heteroatoms. The number of carbonyl (C=O) groups excluding carboxylic acids is 1. The molecule has 1 aliphatic rings. The van der Waals surface area contributed by atoms with Crippen molar-refractivity contribution in [2.75, 3.05) is 27.2 Å². The van der Waals surface area contributed by atoms with Gasteiger partial charge in [0.05, 0.1) is 11.4 Å². The van der Waals surface area contributed by atoms with Crippen LogP contribution in [0.2, 0.25) is 0 Å². The maximum absolute atomic E-state index is 12.9. The zero-order chi connectivity index (χ0) is 22.4. The monoisotopic (exact) mass is 448 g/mol. The van der Waals surface area contributed by atoms with Crippen LogP contribution in [0.4, 0.5) is 4.39 Å². The Labute approximate surface area is 183 Å². The summed E-state index contributed by atoms with van der Waals surface area (Å²) in [5.74, 6) is -0.0405. The molecule has 0 bridgehead atoms. The molecular weight excluding hydrogens is 419 g/mol. The van der Waals surface area contributed by atoms with Gasteiger partial charge in [0.2, 0.25) is 10.0 Å². The molecule has 3 rings (SSSR count). The smallest absolute Gasteiger partial charge is 0.253 e. The fourth-order valence-corrected chi connectivity index (χ4v) is 5.15. The van der Waals surface area contributed by atoms with Gasteiger partial charge < -0.3 is 9.64 Å². The molecule has 0 radical (unpaired) electrons. The number of hydrogen-bond donors (Lipinski definition) is 0. The predicted molar refractivity (Wildman–Crippen MR) is 117 cm³/mol. The maximum atomic E-state index is 12.9. The maximum Gasteiger partial charge on any atom is 0.253 e. The standard InChI is InChI=1S/C23H29FN2O4S/c1-25(16-17-30-21-12-10-19(24)11-13-21)23(27)18-8-14-22(15-9-18)31(28,29)26(2)20-6-4-3-5-7-20/h8-15,20H,3-7,16-17H2,1-2H3. The van der Waals surface area contributed by atoms with Crippen molar-refractivity contribution in [1.29, 1.82) is 0 Å². The fourth-order valence-electron chi connectivity index (χ4n) is 3.73. The first-order valence-electron chi connectivity index (χ1n) is 10.5. The molecule has 0 unspecified atom stereocenters. The van der Waals surface area contributed by atoms with Crippen LogP contribution < -0.4 is 4.74 Å². The Bertz CT molecular complexity index is 972. The van der Waals surface area contributed by atoms with E-state index in [4.69, 9.17) is 4.74 Å². The minimum atomic E-state index is -3.59. The van der Waals surface area contributed by atoms with Crippen LogP contribution in [-0.2, 0) is 10.0 Å². The summed E-state index contributed by atoms with van der Waals surface area (Å²) in [6, 6.07) is 11.8. The topological polar surface area (TPSA) is 66.9 Å². The van der Waals surface area contributed by atoms with Crippen LogP contribution in [0.3, 0.4) is 0 Å². The second-order valence-electron chi connectivity index (χ2n) is 7.87. The van der Waals surface area contributed by atoms with Gasteiger partial charge in [-0.3, -0.25) is 4.79 Å². The quantitative estimate of drug-likeness (QED) is 0.614. The molecule has 1 saturated carbocycles. The molecule has 1 aliphatic carbocycles. The van der Waals surface area contributed by atoms with E-state index in [-0.39, 0.29) is 29.3 Å². The summed E-state index contributed by atoms with van der Waals surface area (Å²) < 4.78 is 45.8. The van der Waals surface area contributed by atoms with Crippen molar-refractivity contribution in [2.45, 2.75) is 43.0 Å². The summed E-state index contributed by atoms with van der Waals surface area (Å²) in [6.45, 7) is 0.590. The lowest BCUT2D eigenvalue weighted by Gasteiger charge is -2.30. The largest absolute Gasteiger partial charge is 0.492 e. The second-order valence-corrected chi connectivity index (χ2v) is 9.86. The van der Waals surface area contributed by atoms with E-state index >= 15 is 0 Å². The zero-order valence-corrected chi connectivity index (χ0v) is 18.8. The molecule has 0 spiro atoms. The van der Waals surface area contributed by atoms with E-state index in [2.05, 4.69) is 0 Å². The first kappa shape index (κ1) is 23.2. The highest BCUT2D eigenvalue weighted by molar-refractivity contribution is 7.89.